The third-order valence-electron chi connectivity index (χ3n) is 2.21. The van der Waals surface area contributed by atoms with E-state index in [1.807, 2.05) is 6.92 Å². The number of hydrogen-bond acceptors (Lipinski definition) is 4. The fourth-order valence-corrected chi connectivity index (χ4v) is 2.41. The van der Waals surface area contributed by atoms with Gasteiger partial charge in [-0.1, -0.05) is 6.92 Å². The van der Waals surface area contributed by atoms with Gasteiger partial charge in [-0.2, -0.15) is 0 Å². The Hall–Kier alpha value is -0.750. The van der Waals surface area contributed by atoms with E-state index in [2.05, 4.69) is 0 Å². The highest BCUT2D eigenvalue weighted by Gasteiger charge is 2.35. The molecule has 0 bridgehead atoms. The molecule has 1 rings (SSSR count). The molecule has 0 aromatic rings. The maximum Gasteiger partial charge on any atom is 0.327 e. The summed E-state index contributed by atoms with van der Waals surface area (Å²) in [6.07, 6.45) is 0.534. The number of thioether (sulfide) groups is 1. The van der Waals surface area contributed by atoms with Crippen LogP contribution < -0.4 is 5.73 Å². The summed E-state index contributed by atoms with van der Waals surface area (Å²) >= 11 is 1.44. The molecule has 0 saturated carbocycles. The van der Waals surface area contributed by atoms with E-state index in [0.717, 1.165) is 0 Å². The zero-order chi connectivity index (χ0) is 10.7. The number of rotatable bonds is 3. The van der Waals surface area contributed by atoms with Crippen molar-refractivity contribution in [3.63, 3.8) is 0 Å². The van der Waals surface area contributed by atoms with Crippen LogP contribution in [0, 0.1) is 0 Å². The highest BCUT2D eigenvalue weighted by molar-refractivity contribution is 7.99. The number of carboxylic acids is 1. The minimum Gasteiger partial charge on any atom is -0.480 e. The standard InChI is InChI=1S/C8H14N2O3S/c1-2-5(9)7(11)10-4-14-3-6(10)8(12)13/h5-6H,2-4,9H2,1H3,(H,12,13)/t5?,6-/m0/s1. The van der Waals surface area contributed by atoms with E-state index in [1.54, 1.807) is 0 Å². The molecule has 1 aliphatic heterocycles. The molecule has 6 heteroatoms. The summed E-state index contributed by atoms with van der Waals surface area (Å²) in [4.78, 5) is 23.7. The Labute approximate surface area is 86.6 Å². The van der Waals surface area contributed by atoms with Gasteiger partial charge in [-0.25, -0.2) is 4.79 Å². The summed E-state index contributed by atoms with van der Waals surface area (Å²) in [5, 5.41) is 8.84. The van der Waals surface area contributed by atoms with Crippen molar-refractivity contribution in [3.8, 4) is 0 Å². The second kappa shape index (κ2) is 4.65. The van der Waals surface area contributed by atoms with E-state index in [-0.39, 0.29) is 5.91 Å². The van der Waals surface area contributed by atoms with Crippen LogP contribution in [-0.4, -0.2) is 45.6 Å². The molecular formula is C8H14N2O3S. The molecule has 1 heterocycles. The SMILES string of the molecule is CCC(N)C(=O)N1CSC[C@H]1C(=O)O. The van der Waals surface area contributed by atoms with E-state index >= 15 is 0 Å². The largest absolute Gasteiger partial charge is 0.480 e. The normalized spacial score (nSPS) is 23.6. The number of carbonyl (C=O) groups excluding carboxylic acids is 1. The van der Waals surface area contributed by atoms with Crippen molar-refractivity contribution in [2.45, 2.75) is 25.4 Å². The number of nitrogens with zero attached hydrogens (tertiary/aromatic N) is 1. The van der Waals surface area contributed by atoms with Gasteiger partial charge in [0.2, 0.25) is 5.91 Å². The molecule has 1 unspecified atom stereocenters. The summed E-state index contributed by atoms with van der Waals surface area (Å²) in [7, 11) is 0. The first-order chi connectivity index (χ1) is 6.57. The fraction of sp³-hybridized carbons (Fsp3) is 0.750. The Bertz CT molecular complexity index is 247. The summed E-state index contributed by atoms with van der Waals surface area (Å²) < 4.78 is 0. The van der Waals surface area contributed by atoms with Crippen LogP contribution in [0.25, 0.3) is 0 Å². The Kier molecular flexibility index (Phi) is 3.77. The molecule has 1 saturated heterocycles. The molecule has 14 heavy (non-hydrogen) atoms. The van der Waals surface area contributed by atoms with E-state index < -0.39 is 18.1 Å². The first kappa shape index (κ1) is 11.3. The van der Waals surface area contributed by atoms with Crippen LogP contribution in [-0.2, 0) is 9.59 Å². The molecule has 0 aliphatic carbocycles. The zero-order valence-corrected chi connectivity index (χ0v) is 8.79. The number of nitrogens with two attached hydrogens (primary N) is 1. The fourth-order valence-electron chi connectivity index (χ4n) is 1.25. The van der Waals surface area contributed by atoms with Crippen LogP contribution >= 0.6 is 11.8 Å². The molecule has 0 spiro atoms. The van der Waals surface area contributed by atoms with Crippen LogP contribution in [0.5, 0.6) is 0 Å². The summed E-state index contributed by atoms with van der Waals surface area (Å²) in [6.45, 7) is 1.81. The maximum absolute atomic E-state index is 11.6. The van der Waals surface area contributed by atoms with Crippen LogP contribution in [0.2, 0.25) is 0 Å². The van der Waals surface area contributed by atoms with Gasteiger partial charge in [-0.3, -0.25) is 4.79 Å². The van der Waals surface area contributed by atoms with Gasteiger partial charge in [0.05, 0.1) is 11.9 Å². The van der Waals surface area contributed by atoms with Gasteiger partial charge in [-0.15, -0.1) is 11.8 Å². The predicted molar refractivity (Wildman–Crippen MR) is 53.9 cm³/mol. The monoisotopic (exact) mass is 218 g/mol. The minimum absolute atomic E-state index is 0.259. The van der Waals surface area contributed by atoms with E-state index in [0.29, 0.717) is 18.1 Å². The Morgan fingerprint density at radius 3 is 2.86 bits per heavy atom. The quantitative estimate of drug-likeness (QED) is 0.680. The molecule has 2 atom stereocenters. The van der Waals surface area contributed by atoms with Crippen LogP contribution in [0.3, 0.4) is 0 Å². The van der Waals surface area contributed by atoms with E-state index in [9.17, 15) is 9.59 Å². The Morgan fingerprint density at radius 2 is 2.36 bits per heavy atom. The molecule has 1 fully saturated rings. The van der Waals surface area contributed by atoms with Gasteiger partial charge in [-0.05, 0) is 6.42 Å². The van der Waals surface area contributed by atoms with Gasteiger partial charge in [0.15, 0.2) is 0 Å². The van der Waals surface area contributed by atoms with Crippen LogP contribution in [0.1, 0.15) is 13.3 Å². The molecule has 1 aliphatic rings. The molecule has 0 radical (unpaired) electrons. The van der Waals surface area contributed by atoms with Crippen molar-refractivity contribution in [2.24, 2.45) is 5.73 Å². The van der Waals surface area contributed by atoms with Gasteiger partial charge in [0, 0.05) is 5.75 Å². The number of carbonyl (C=O) groups is 2. The molecule has 5 nitrogen and oxygen atoms in total. The van der Waals surface area contributed by atoms with E-state index in [1.165, 1.54) is 16.7 Å². The van der Waals surface area contributed by atoms with E-state index in [4.69, 9.17) is 10.8 Å². The van der Waals surface area contributed by atoms with Gasteiger partial charge in [0.25, 0.3) is 0 Å². The first-order valence-corrected chi connectivity index (χ1v) is 5.60. The average Bonchev–Trinajstić information content (AvgIpc) is 2.63. The zero-order valence-electron chi connectivity index (χ0n) is 7.97. The second-order valence-electron chi connectivity index (χ2n) is 3.18. The van der Waals surface area contributed by atoms with Crippen molar-refractivity contribution in [3.05, 3.63) is 0 Å². The number of aliphatic carboxylic acids is 1. The van der Waals surface area contributed by atoms with Crippen molar-refractivity contribution >= 4 is 23.6 Å². The van der Waals surface area contributed by atoms with Crippen LogP contribution in [0.15, 0.2) is 0 Å². The smallest absolute Gasteiger partial charge is 0.327 e. The predicted octanol–water partition coefficient (Wildman–Crippen LogP) is -0.290. The Balaban J connectivity index is 2.67. The Morgan fingerprint density at radius 1 is 1.71 bits per heavy atom. The van der Waals surface area contributed by atoms with Gasteiger partial charge in [0.1, 0.15) is 6.04 Å². The molecule has 80 valence electrons. The third kappa shape index (κ3) is 2.19. The maximum atomic E-state index is 11.6. The highest BCUT2D eigenvalue weighted by atomic mass is 32.2. The molecular weight excluding hydrogens is 204 g/mol. The summed E-state index contributed by atoms with van der Waals surface area (Å²) in [5.74, 6) is -0.322. The molecule has 0 aromatic heterocycles. The highest BCUT2D eigenvalue weighted by Crippen LogP contribution is 2.21. The number of amides is 1. The van der Waals surface area contributed by atoms with Gasteiger partial charge < -0.3 is 15.7 Å². The lowest BCUT2D eigenvalue weighted by Gasteiger charge is -2.23. The van der Waals surface area contributed by atoms with Gasteiger partial charge >= 0.3 is 5.97 Å². The molecule has 3 N–H and O–H groups in total. The summed E-state index contributed by atoms with van der Waals surface area (Å²) in [5.41, 5.74) is 5.57. The minimum atomic E-state index is -0.952. The summed E-state index contributed by atoms with van der Waals surface area (Å²) in [6, 6.07) is -1.28. The number of hydrogen-bond donors (Lipinski definition) is 2. The second-order valence-corrected chi connectivity index (χ2v) is 4.18. The van der Waals surface area contributed by atoms with Crippen molar-refractivity contribution in [2.75, 3.05) is 11.6 Å². The molecule has 0 aromatic carbocycles. The lowest BCUT2D eigenvalue weighted by molar-refractivity contribution is -0.148. The van der Waals surface area contributed by atoms with Crippen molar-refractivity contribution < 1.29 is 14.7 Å². The molecule has 1 amide bonds. The first-order valence-electron chi connectivity index (χ1n) is 4.44. The third-order valence-corrected chi connectivity index (χ3v) is 3.22. The lowest BCUT2D eigenvalue weighted by Crippen LogP contribution is -2.48. The average molecular weight is 218 g/mol. The van der Waals surface area contributed by atoms with Crippen molar-refractivity contribution in [1.82, 2.24) is 4.90 Å². The van der Waals surface area contributed by atoms with Crippen LogP contribution in [0.4, 0.5) is 0 Å². The topological polar surface area (TPSA) is 83.6 Å². The lowest BCUT2D eigenvalue weighted by atomic mass is 10.2. The number of carboxylic acid groups (broad SMARTS) is 1. The van der Waals surface area contributed by atoms with Crippen molar-refractivity contribution in [1.29, 1.82) is 0 Å².